The van der Waals surface area contributed by atoms with E-state index in [4.69, 9.17) is 17.2 Å². The van der Waals surface area contributed by atoms with E-state index in [1.807, 2.05) is 18.2 Å². The van der Waals surface area contributed by atoms with Gasteiger partial charge in [0.05, 0.1) is 12.7 Å². The number of hydrogen-bond acceptors (Lipinski definition) is 8. The Balaban J connectivity index is 2.17. The molecule has 0 radical (unpaired) electrons. The number of nitrogens with one attached hydrogen (secondary N) is 4. The van der Waals surface area contributed by atoms with Crippen LogP contribution in [0.25, 0.3) is 10.9 Å². The topological polar surface area (TPSA) is 271 Å². The molecule has 1 aromatic heterocycles. The normalized spacial score (nSPS) is 14.9. The molecule has 0 saturated heterocycles. The van der Waals surface area contributed by atoms with Crippen molar-refractivity contribution in [3.8, 4) is 0 Å². The Bertz CT molecular complexity index is 1180. The highest BCUT2D eigenvalue weighted by Gasteiger charge is 2.31. The van der Waals surface area contributed by atoms with Crippen molar-refractivity contribution in [2.45, 2.75) is 56.5 Å². The molecule has 0 aliphatic carbocycles. The van der Waals surface area contributed by atoms with Gasteiger partial charge in [0, 0.05) is 30.1 Å². The number of nitrogens with two attached hydrogens (primary N) is 3. The Morgan fingerprint density at radius 2 is 1.62 bits per heavy atom. The highest BCUT2D eigenvalue weighted by molar-refractivity contribution is 5.94. The standard InChI is InChI=1S/C24H36N8O7/c1-12(34)19(25)22(37)32-18(11-33)21(36)30-16(7-4-8-28-24(26)27)20(35)31-17(23(38)39)9-13-10-29-15-6-3-2-5-14(13)15/h2-3,5-6,10,12,16-19,29,33-34H,4,7-9,11,25H2,1H3,(H,30,36)(H,31,35)(H,32,37)(H,38,39)(H4,26,27,28). The Morgan fingerprint density at radius 3 is 2.23 bits per heavy atom. The van der Waals surface area contributed by atoms with Crippen LogP contribution in [-0.2, 0) is 25.6 Å². The predicted molar refractivity (Wildman–Crippen MR) is 142 cm³/mol. The molecule has 0 spiro atoms. The zero-order chi connectivity index (χ0) is 29.1. The first-order valence-corrected chi connectivity index (χ1v) is 12.2. The van der Waals surface area contributed by atoms with E-state index >= 15 is 0 Å². The summed E-state index contributed by atoms with van der Waals surface area (Å²) in [6.07, 6.45) is 0.652. The zero-order valence-electron chi connectivity index (χ0n) is 21.5. The van der Waals surface area contributed by atoms with Crippen LogP contribution in [0.1, 0.15) is 25.3 Å². The molecule has 0 bridgehead atoms. The number of aliphatic imine (C=N–C) groups is 1. The Kier molecular flexibility index (Phi) is 11.7. The van der Waals surface area contributed by atoms with Crippen LogP contribution in [-0.4, -0.2) is 93.4 Å². The number of aromatic nitrogens is 1. The third kappa shape index (κ3) is 9.24. The first kappa shape index (κ1) is 31.0. The number of aromatic amines is 1. The second-order valence-electron chi connectivity index (χ2n) is 8.98. The van der Waals surface area contributed by atoms with Crippen LogP contribution < -0.4 is 33.2 Å². The van der Waals surface area contributed by atoms with Crippen LogP contribution in [0.4, 0.5) is 0 Å². The van der Waals surface area contributed by atoms with Crippen LogP contribution in [0, 0.1) is 0 Å². The molecule has 214 valence electrons. The molecular formula is C24H36N8O7. The average molecular weight is 549 g/mol. The third-order valence-corrected chi connectivity index (χ3v) is 5.93. The number of aliphatic carboxylic acids is 1. The van der Waals surface area contributed by atoms with Crippen molar-refractivity contribution >= 4 is 40.6 Å². The monoisotopic (exact) mass is 548 g/mol. The van der Waals surface area contributed by atoms with Crippen LogP contribution >= 0.6 is 0 Å². The lowest BCUT2D eigenvalue weighted by Gasteiger charge is -2.24. The molecule has 5 atom stereocenters. The minimum absolute atomic E-state index is 0.00700. The van der Waals surface area contributed by atoms with Gasteiger partial charge in [-0.1, -0.05) is 18.2 Å². The number of guanidine groups is 1. The molecule has 1 heterocycles. The molecule has 0 aliphatic heterocycles. The van der Waals surface area contributed by atoms with Gasteiger partial charge in [-0.15, -0.1) is 0 Å². The number of hydrogen-bond donors (Lipinski definition) is 10. The predicted octanol–water partition coefficient (Wildman–Crippen LogP) is -3.00. The van der Waals surface area contributed by atoms with Gasteiger partial charge < -0.3 is 53.5 Å². The van der Waals surface area contributed by atoms with Crippen molar-refractivity contribution in [3.63, 3.8) is 0 Å². The minimum Gasteiger partial charge on any atom is -0.480 e. The lowest BCUT2D eigenvalue weighted by Crippen LogP contribution is -2.59. The maximum absolute atomic E-state index is 13.2. The fourth-order valence-corrected chi connectivity index (χ4v) is 3.72. The number of H-pyrrole nitrogens is 1. The molecule has 13 N–H and O–H groups in total. The summed E-state index contributed by atoms with van der Waals surface area (Å²) in [6.45, 7) is 0.582. The number of aliphatic hydroxyl groups is 2. The van der Waals surface area contributed by atoms with Gasteiger partial charge in [0.1, 0.15) is 24.2 Å². The van der Waals surface area contributed by atoms with E-state index in [1.54, 1.807) is 12.3 Å². The smallest absolute Gasteiger partial charge is 0.326 e. The number of aliphatic hydroxyl groups excluding tert-OH is 2. The number of carbonyl (C=O) groups excluding carboxylic acids is 3. The van der Waals surface area contributed by atoms with E-state index in [0.717, 1.165) is 10.9 Å². The molecule has 5 unspecified atom stereocenters. The van der Waals surface area contributed by atoms with Crippen LogP contribution in [0.15, 0.2) is 35.5 Å². The SMILES string of the molecule is CC(O)C(N)C(=O)NC(CO)C(=O)NC(CCCN=C(N)N)C(=O)NC(Cc1c[nH]c2ccccc12)C(=O)O. The van der Waals surface area contributed by atoms with Crippen LogP contribution in [0.2, 0.25) is 0 Å². The van der Waals surface area contributed by atoms with Gasteiger partial charge in [-0.25, -0.2) is 4.79 Å². The van der Waals surface area contributed by atoms with Gasteiger partial charge >= 0.3 is 5.97 Å². The molecule has 0 aliphatic rings. The maximum atomic E-state index is 13.2. The lowest BCUT2D eigenvalue weighted by atomic mass is 10.0. The molecule has 15 nitrogen and oxygen atoms in total. The van der Waals surface area contributed by atoms with Crippen LogP contribution in [0.5, 0.6) is 0 Å². The Morgan fingerprint density at radius 1 is 1.00 bits per heavy atom. The lowest BCUT2D eigenvalue weighted by molar-refractivity contribution is -0.142. The third-order valence-electron chi connectivity index (χ3n) is 5.93. The second kappa shape index (κ2) is 14.7. The van der Waals surface area contributed by atoms with E-state index in [2.05, 4.69) is 25.9 Å². The fourth-order valence-electron chi connectivity index (χ4n) is 3.72. The number of carboxylic acids is 1. The molecule has 0 saturated carbocycles. The van der Waals surface area contributed by atoms with E-state index < -0.39 is 60.6 Å². The Hall–Kier alpha value is -4.21. The molecule has 39 heavy (non-hydrogen) atoms. The summed E-state index contributed by atoms with van der Waals surface area (Å²) in [4.78, 5) is 57.0. The Labute approximate surface area is 224 Å². The number of fused-ring (bicyclic) bond motifs is 1. The number of carboxylic acid groups (broad SMARTS) is 1. The van der Waals surface area contributed by atoms with Gasteiger partial charge in [0.25, 0.3) is 0 Å². The number of nitrogens with zero attached hydrogens (tertiary/aromatic N) is 1. The molecule has 2 rings (SSSR count). The summed E-state index contributed by atoms with van der Waals surface area (Å²) in [5, 5.41) is 36.8. The van der Waals surface area contributed by atoms with Gasteiger partial charge in [-0.3, -0.25) is 19.4 Å². The second-order valence-corrected chi connectivity index (χ2v) is 8.98. The van der Waals surface area contributed by atoms with Crippen LogP contribution in [0.3, 0.4) is 0 Å². The van der Waals surface area contributed by atoms with E-state index in [1.165, 1.54) is 6.92 Å². The van der Waals surface area contributed by atoms with Gasteiger partial charge in [-0.05, 0) is 31.4 Å². The van der Waals surface area contributed by atoms with Crippen molar-refractivity contribution < 1.29 is 34.5 Å². The summed E-state index contributed by atoms with van der Waals surface area (Å²) in [5.74, 6) is -4.07. The first-order chi connectivity index (χ1) is 18.4. The van der Waals surface area contributed by atoms with Crippen molar-refractivity contribution in [3.05, 3.63) is 36.0 Å². The fraction of sp³-hybridized carbons (Fsp3) is 0.458. The molecule has 0 fully saturated rings. The highest BCUT2D eigenvalue weighted by atomic mass is 16.4. The average Bonchev–Trinajstić information content (AvgIpc) is 3.30. The number of benzene rings is 1. The minimum atomic E-state index is -1.49. The molecule has 1 aromatic carbocycles. The van der Waals surface area contributed by atoms with Crippen molar-refractivity contribution in [2.24, 2.45) is 22.2 Å². The number of carbonyl (C=O) groups is 4. The zero-order valence-corrected chi connectivity index (χ0v) is 21.5. The molecule has 15 heteroatoms. The first-order valence-electron chi connectivity index (χ1n) is 12.2. The summed E-state index contributed by atoms with van der Waals surface area (Å²) < 4.78 is 0. The number of rotatable bonds is 15. The van der Waals surface area contributed by atoms with Crippen molar-refractivity contribution in [2.75, 3.05) is 13.2 Å². The summed E-state index contributed by atoms with van der Waals surface area (Å²) in [5.41, 5.74) is 17.7. The van der Waals surface area contributed by atoms with E-state index in [-0.39, 0.29) is 31.8 Å². The summed E-state index contributed by atoms with van der Waals surface area (Å²) in [6, 6.07) is 1.86. The summed E-state index contributed by atoms with van der Waals surface area (Å²) in [7, 11) is 0. The highest BCUT2D eigenvalue weighted by Crippen LogP contribution is 2.19. The molecule has 2 aromatic rings. The van der Waals surface area contributed by atoms with E-state index in [9.17, 15) is 34.5 Å². The van der Waals surface area contributed by atoms with Crippen molar-refractivity contribution in [1.29, 1.82) is 0 Å². The van der Waals surface area contributed by atoms with E-state index in [0.29, 0.717) is 5.56 Å². The largest absolute Gasteiger partial charge is 0.480 e. The number of amides is 3. The van der Waals surface area contributed by atoms with Gasteiger partial charge in [0.2, 0.25) is 17.7 Å². The molecular weight excluding hydrogens is 512 g/mol. The van der Waals surface area contributed by atoms with Crippen molar-refractivity contribution in [1.82, 2.24) is 20.9 Å². The number of para-hydroxylation sites is 1. The molecule has 3 amide bonds. The van der Waals surface area contributed by atoms with Gasteiger partial charge in [-0.2, -0.15) is 0 Å². The van der Waals surface area contributed by atoms with Gasteiger partial charge in [0.15, 0.2) is 5.96 Å². The maximum Gasteiger partial charge on any atom is 0.326 e. The summed E-state index contributed by atoms with van der Waals surface area (Å²) >= 11 is 0. The quantitative estimate of drug-likeness (QED) is 0.0612.